The van der Waals surface area contributed by atoms with Crippen LogP contribution in [0.4, 0.5) is 0 Å². The second kappa shape index (κ2) is 8.41. The van der Waals surface area contributed by atoms with Crippen molar-refractivity contribution in [1.82, 2.24) is 10.2 Å². The third-order valence-electron chi connectivity index (χ3n) is 4.64. The van der Waals surface area contributed by atoms with Gasteiger partial charge in [-0.2, -0.15) is 0 Å². The fraction of sp³-hybridized carbons (Fsp3) is 0.400. The van der Waals surface area contributed by atoms with Gasteiger partial charge in [0, 0.05) is 25.2 Å². The number of hydrogen-bond donors (Lipinski definition) is 1. The molecule has 5 heteroatoms. The highest BCUT2D eigenvalue weighted by Crippen LogP contribution is 2.19. The van der Waals surface area contributed by atoms with Crippen LogP contribution >= 0.6 is 11.3 Å². The monoisotopic (exact) mass is 356 g/mol. The van der Waals surface area contributed by atoms with Crippen molar-refractivity contribution in [2.24, 2.45) is 5.92 Å². The predicted octanol–water partition coefficient (Wildman–Crippen LogP) is 3.59. The number of hydrogen-bond acceptors (Lipinski definition) is 4. The molecule has 25 heavy (non-hydrogen) atoms. The molecule has 0 spiro atoms. The Morgan fingerprint density at radius 1 is 1.28 bits per heavy atom. The summed E-state index contributed by atoms with van der Waals surface area (Å²) in [6.45, 7) is 5.23. The van der Waals surface area contributed by atoms with Crippen molar-refractivity contribution in [3.05, 3.63) is 57.8 Å². The van der Waals surface area contributed by atoms with Crippen LogP contribution in [0.25, 0.3) is 0 Å². The van der Waals surface area contributed by atoms with Crippen LogP contribution in [-0.2, 0) is 6.54 Å². The highest BCUT2D eigenvalue weighted by Gasteiger charge is 2.21. The second-order valence-corrected chi connectivity index (χ2v) is 7.63. The predicted molar refractivity (Wildman–Crippen MR) is 101 cm³/mol. The molecule has 1 atom stereocenters. The zero-order chi connectivity index (χ0) is 17.6. The highest BCUT2D eigenvalue weighted by molar-refractivity contribution is 7.12. The van der Waals surface area contributed by atoms with E-state index in [1.54, 1.807) is 6.92 Å². The van der Waals surface area contributed by atoms with E-state index in [2.05, 4.69) is 16.3 Å². The van der Waals surface area contributed by atoms with Crippen molar-refractivity contribution >= 4 is 23.0 Å². The van der Waals surface area contributed by atoms with Gasteiger partial charge in [0.05, 0.1) is 4.88 Å². The van der Waals surface area contributed by atoms with Crippen LogP contribution in [0.15, 0.2) is 41.8 Å². The van der Waals surface area contributed by atoms with E-state index >= 15 is 0 Å². The van der Waals surface area contributed by atoms with E-state index in [9.17, 15) is 9.59 Å². The van der Waals surface area contributed by atoms with E-state index in [0.29, 0.717) is 5.92 Å². The molecular formula is C20H24N2O2S. The van der Waals surface area contributed by atoms with Gasteiger partial charge < -0.3 is 5.32 Å². The average molecular weight is 356 g/mol. The maximum Gasteiger partial charge on any atom is 0.261 e. The Labute approximate surface area is 152 Å². The summed E-state index contributed by atoms with van der Waals surface area (Å²) in [5.41, 5.74) is 1.95. The summed E-state index contributed by atoms with van der Waals surface area (Å²) in [5.74, 6) is 0.615. The van der Waals surface area contributed by atoms with Gasteiger partial charge in [0.15, 0.2) is 5.78 Å². The normalized spacial score (nSPS) is 18.0. The Hall–Kier alpha value is -1.98. The van der Waals surface area contributed by atoms with Crippen LogP contribution in [0.2, 0.25) is 0 Å². The lowest BCUT2D eigenvalue weighted by molar-refractivity contribution is 0.0934. The Bertz CT molecular complexity index is 727. The fourth-order valence-electron chi connectivity index (χ4n) is 3.34. The first-order valence-electron chi connectivity index (χ1n) is 8.76. The highest BCUT2D eigenvalue weighted by atomic mass is 32.1. The van der Waals surface area contributed by atoms with Crippen molar-refractivity contribution in [3.63, 3.8) is 0 Å². The number of thiophene rings is 1. The minimum atomic E-state index is 0.0290. The lowest BCUT2D eigenvalue weighted by Crippen LogP contribution is -2.40. The minimum absolute atomic E-state index is 0.0290. The molecule has 0 radical (unpaired) electrons. The van der Waals surface area contributed by atoms with Crippen molar-refractivity contribution in [2.45, 2.75) is 26.3 Å². The third kappa shape index (κ3) is 5.00. The zero-order valence-electron chi connectivity index (χ0n) is 14.5. The number of benzene rings is 1. The summed E-state index contributed by atoms with van der Waals surface area (Å²) in [5, 5.41) is 4.99. The second-order valence-electron chi connectivity index (χ2n) is 6.69. The molecule has 0 aliphatic carbocycles. The topological polar surface area (TPSA) is 49.4 Å². The standard InChI is InChI=1S/C20H24N2O2S/c1-15(23)18-7-2-5-16(11-18)13-22-9-3-6-17(14-22)12-21-20(24)19-8-4-10-25-19/h2,4-5,7-8,10-11,17H,3,6,9,12-14H2,1H3,(H,21,24)/t17-/m1/s1. The number of nitrogens with one attached hydrogen (secondary N) is 1. The molecule has 1 aliphatic rings. The van der Waals surface area contributed by atoms with Crippen LogP contribution in [0, 0.1) is 5.92 Å². The lowest BCUT2D eigenvalue weighted by Gasteiger charge is -2.32. The zero-order valence-corrected chi connectivity index (χ0v) is 15.3. The molecule has 0 saturated carbocycles. The minimum Gasteiger partial charge on any atom is -0.351 e. The summed E-state index contributed by atoms with van der Waals surface area (Å²) in [6.07, 6.45) is 2.29. The summed E-state index contributed by atoms with van der Waals surface area (Å²) < 4.78 is 0. The molecule has 2 heterocycles. The van der Waals surface area contributed by atoms with Gasteiger partial charge in [0.2, 0.25) is 0 Å². The number of nitrogens with zero attached hydrogens (tertiary/aromatic N) is 1. The van der Waals surface area contributed by atoms with Gasteiger partial charge in [0.1, 0.15) is 0 Å². The molecule has 1 saturated heterocycles. The van der Waals surface area contributed by atoms with Gasteiger partial charge in [0.25, 0.3) is 5.91 Å². The van der Waals surface area contributed by atoms with Gasteiger partial charge in [-0.05, 0) is 55.3 Å². The number of amides is 1. The van der Waals surface area contributed by atoms with Crippen LogP contribution in [0.1, 0.15) is 45.4 Å². The van der Waals surface area contributed by atoms with Gasteiger partial charge in [-0.3, -0.25) is 14.5 Å². The molecule has 1 N–H and O–H groups in total. The smallest absolute Gasteiger partial charge is 0.261 e. The van der Waals surface area contributed by atoms with Crippen LogP contribution in [0.3, 0.4) is 0 Å². The number of carbonyl (C=O) groups is 2. The molecule has 0 bridgehead atoms. The average Bonchev–Trinajstić information content (AvgIpc) is 3.15. The number of likely N-dealkylation sites (tertiary alicyclic amines) is 1. The number of ketones is 1. The largest absolute Gasteiger partial charge is 0.351 e. The quantitative estimate of drug-likeness (QED) is 0.805. The van der Waals surface area contributed by atoms with Gasteiger partial charge in [-0.1, -0.05) is 24.3 Å². The molecule has 1 aromatic carbocycles. The molecule has 1 aromatic heterocycles. The van der Waals surface area contributed by atoms with Crippen molar-refractivity contribution in [1.29, 1.82) is 0 Å². The van der Waals surface area contributed by atoms with Crippen molar-refractivity contribution < 1.29 is 9.59 Å². The molecule has 132 valence electrons. The van der Waals surface area contributed by atoms with Crippen LogP contribution in [0.5, 0.6) is 0 Å². The Balaban J connectivity index is 1.52. The molecule has 0 unspecified atom stereocenters. The molecule has 2 aromatic rings. The number of rotatable bonds is 6. The fourth-order valence-corrected chi connectivity index (χ4v) is 3.98. The first-order chi connectivity index (χ1) is 12.1. The molecular weight excluding hydrogens is 332 g/mol. The summed E-state index contributed by atoms with van der Waals surface area (Å²) in [4.78, 5) is 26.8. The maximum atomic E-state index is 12.1. The Morgan fingerprint density at radius 2 is 2.16 bits per heavy atom. The first kappa shape index (κ1) is 17.8. The molecule has 4 nitrogen and oxygen atoms in total. The molecule has 1 fully saturated rings. The molecule has 1 aliphatic heterocycles. The molecule has 1 amide bonds. The van der Waals surface area contributed by atoms with E-state index < -0.39 is 0 Å². The summed E-state index contributed by atoms with van der Waals surface area (Å²) in [6, 6.07) is 11.6. The summed E-state index contributed by atoms with van der Waals surface area (Å²) >= 11 is 1.47. The van der Waals surface area contributed by atoms with E-state index in [1.807, 2.05) is 35.7 Å². The van der Waals surface area contributed by atoms with E-state index in [1.165, 1.54) is 16.9 Å². The molecule has 3 rings (SSSR count). The van der Waals surface area contributed by atoms with Gasteiger partial charge in [-0.15, -0.1) is 11.3 Å². The van der Waals surface area contributed by atoms with Gasteiger partial charge >= 0.3 is 0 Å². The maximum absolute atomic E-state index is 12.1. The Kier molecular flexibility index (Phi) is 6.00. The van der Waals surface area contributed by atoms with Crippen LogP contribution < -0.4 is 5.32 Å². The van der Waals surface area contributed by atoms with Crippen molar-refractivity contribution in [2.75, 3.05) is 19.6 Å². The van der Waals surface area contributed by atoms with Crippen LogP contribution in [-0.4, -0.2) is 36.2 Å². The number of piperidine rings is 1. The van der Waals surface area contributed by atoms with E-state index in [4.69, 9.17) is 0 Å². The van der Waals surface area contributed by atoms with Gasteiger partial charge in [-0.25, -0.2) is 0 Å². The number of carbonyl (C=O) groups excluding carboxylic acids is 2. The SMILES string of the molecule is CC(=O)c1cccc(CN2CCC[C@H](CNC(=O)c3cccs3)C2)c1. The first-order valence-corrected chi connectivity index (χ1v) is 9.63. The Morgan fingerprint density at radius 3 is 2.92 bits per heavy atom. The third-order valence-corrected chi connectivity index (χ3v) is 5.51. The van der Waals surface area contributed by atoms with Crippen molar-refractivity contribution in [3.8, 4) is 0 Å². The van der Waals surface area contributed by atoms with E-state index in [0.717, 1.165) is 49.5 Å². The lowest BCUT2D eigenvalue weighted by atomic mass is 9.97. The van der Waals surface area contributed by atoms with E-state index in [-0.39, 0.29) is 11.7 Å². The number of Topliss-reactive ketones (excluding diaryl/α,β-unsaturated/α-hetero) is 1. The summed E-state index contributed by atoms with van der Waals surface area (Å²) in [7, 11) is 0.